The van der Waals surface area contributed by atoms with Gasteiger partial charge in [0.15, 0.2) is 11.6 Å². The summed E-state index contributed by atoms with van der Waals surface area (Å²) in [4.78, 5) is 22.0. The fourth-order valence-corrected chi connectivity index (χ4v) is 3.31. The number of fused-ring (bicyclic) bond motifs is 2. The van der Waals surface area contributed by atoms with Gasteiger partial charge in [-0.1, -0.05) is 11.6 Å². The normalized spacial score (nSPS) is 23.4. The Bertz CT molecular complexity index is 1210. The second kappa shape index (κ2) is 8.39. The lowest BCUT2D eigenvalue weighted by molar-refractivity contribution is -0.275. The molecule has 0 saturated carbocycles. The standard InChI is InChI=1S/C9H6ClF3N2O2.C9H5F5N2O2/c10-4-1-2-6-5(3-4)8(17,9(11,12)13)15-7(16)14-6;10-3-1-2-4-5(6(3)11)8(18,9(12,13)14)16-7(17)15-4/h1-3,17H,(H2,14,15,16);1-2,18H,(H2,15,16,17). The number of carbonyl (C=O) groups excluding carboxylic acids is 2. The highest BCUT2D eigenvalue weighted by atomic mass is 35.5. The largest absolute Gasteiger partial charge is 0.441 e. The van der Waals surface area contributed by atoms with E-state index in [0.29, 0.717) is 6.07 Å². The summed E-state index contributed by atoms with van der Waals surface area (Å²) in [5.41, 5.74) is -10.2. The summed E-state index contributed by atoms with van der Waals surface area (Å²) in [5, 5.41) is 25.6. The van der Waals surface area contributed by atoms with Gasteiger partial charge in [-0.15, -0.1) is 0 Å². The second-order valence-corrected chi connectivity index (χ2v) is 7.48. The molecule has 4 amide bonds. The third-order valence-corrected chi connectivity index (χ3v) is 4.97. The van der Waals surface area contributed by atoms with Gasteiger partial charge in [-0.3, -0.25) is 10.6 Å². The number of anilines is 2. The van der Waals surface area contributed by atoms with Crippen LogP contribution in [0.1, 0.15) is 11.1 Å². The first-order valence-corrected chi connectivity index (χ1v) is 9.33. The van der Waals surface area contributed by atoms with Crippen LogP contribution in [0.3, 0.4) is 0 Å². The smallest absolute Gasteiger partial charge is 0.360 e. The Morgan fingerprint density at radius 2 is 1.26 bits per heavy atom. The lowest BCUT2D eigenvalue weighted by Gasteiger charge is -2.36. The molecule has 2 heterocycles. The summed E-state index contributed by atoms with van der Waals surface area (Å²) in [7, 11) is 0. The summed E-state index contributed by atoms with van der Waals surface area (Å²) in [5.74, 6) is -3.46. The van der Waals surface area contributed by atoms with Crippen molar-refractivity contribution in [3.8, 4) is 0 Å². The van der Waals surface area contributed by atoms with E-state index in [2.05, 4.69) is 5.32 Å². The lowest BCUT2D eigenvalue weighted by Crippen LogP contribution is -2.60. The molecule has 0 saturated heterocycles. The zero-order valence-electron chi connectivity index (χ0n) is 16.5. The molecule has 0 radical (unpaired) electrons. The van der Waals surface area contributed by atoms with Crippen LogP contribution in [0.5, 0.6) is 0 Å². The predicted octanol–water partition coefficient (Wildman–Crippen LogP) is 3.99. The van der Waals surface area contributed by atoms with Gasteiger partial charge in [0.25, 0.3) is 11.4 Å². The Morgan fingerprint density at radius 1 is 0.771 bits per heavy atom. The van der Waals surface area contributed by atoms with Gasteiger partial charge in [-0.25, -0.2) is 18.4 Å². The molecule has 0 spiro atoms. The van der Waals surface area contributed by atoms with Gasteiger partial charge in [-0.2, -0.15) is 26.3 Å². The first-order valence-electron chi connectivity index (χ1n) is 8.96. The molecule has 2 aromatic rings. The zero-order chi connectivity index (χ0) is 26.6. The van der Waals surface area contributed by atoms with E-state index in [1.165, 1.54) is 17.4 Å². The molecule has 2 aromatic carbocycles. The Kier molecular flexibility index (Phi) is 6.29. The maximum absolute atomic E-state index is 13.4. The van der Waals surface area contributed by atoms with E-state index >= 15 is 0 Å². The van der Waals surface area contributed by atoms with Crippen molar-refractivity contribution in [2.45, 2.75) is 23.8 Å². The molecule has 2 unspecified atom stereocenters. The number of benzene rings is 2. The van der Waals surface area contributed by atoms with Gasteiger partial charge in [0.2, 0.25) is 0 Å². The summed E-state index contributed by atoms with van der Waals surface area (Å²) >= 11 is 5.57. The molecule has 190 valence electrons. The Hall–Kier alpha value is -3.37. The molecule has 6 N–H and O–H groups in total. The van der Waals surface area contributed by atoms with Crippen LogP contribution in [0.2, 0.25) is 5.02 Å². The minimum atomic E-state index is -5.41. The number of carbonyl (C=O) groups is 2. The number of rotatable bonds is 0. The van der Waals surface area contributed by atoms with Crippen LogP contribution in [-0.4, -0.2) is 34.6 Å². The molecule has 2 atom stereocenters. The van der Waals surface area contributed by atoms with Crippen LogP contribution in [0.25, 0.3) is 0 Å². The highest BCUT2D eigenvalue weighted by Crippen LogP contribution is 2.44. The van der Waals surface area contributed by atoms with E-state index in [-0.39, 0.29) is 10.7 Å². The molecule has 35 heavy (non-hydrogen) atoms. The van der Waals surface area contributed by atoms with E-state index in [1.54, 1.807) is 0 Å². The number of aliphatic hydroxyl groups is 2. The predicted molar refractivity (Wildman–Crippen MR) is 102 cm³/mol. The highest BCUT2D eigenvalue weighted by molar-refractivity contribution is 6.30. The molecule has 17 heteroatoms. The Labute approximate surface area is 193 Å². The van der Waals surface area contributed by atoms with E-state index in [9.17, 15) is 54.9 Å². The monoisotopic (exact) mass is 534 g/mol. The number of hydrogen-bond donors (Lipinski definition) is 6. The fourth-order valence-electron chi connectivity index (χ4n) is 3.14. The fraction of sp³-hybridized carbons (Fsp3) is 0.222. The van der Waals surface area contributed by atoms with E-state index in [0.717, 1.165) is 17.4 Å². The van der Waals surface area contributed by atoms with Crippen LogP contribution in [0.15, 0.2) is 30.3 Å². The maximum Gasteiger partial charge on any atom is 0.441 e. The summed E-state index contributed by atoms with van der Waals surface area (Å²) in [6.45, 7) is 0. The van der Waals surface area contributed by atoms with Gasteiger partial charge in [0, 0.05) is 10.6 Å². The number of halogens is 9. The van der Waals surface area contributed by atoms with Crippen molar-refractivity contribution in [2.24, 2.45) is 0 Å². The first-order chi connectivity index (χ1) is 15.9. The molecule has 0 fully saturated rings. The minimum Gasteiger partial charge on any atom is -0.360 e. The third kappa shape index (κ3) is 4.51. The van der Waals surface area contributed by atoms with Crippen molar-refractivity contribution < 1.29 is 54.9 Å². The second-order valence-electron chi connectivity index (χ2n) is 7.05. The van der Waals surface area contributed by atoms with Crippen LogP contribution in [0.4, 0.5) is 56.1 Å². The topological polar surface area (TPSA) is 123 Å². The number of hydrogen-bond acceptors (Lipinski definition) is 4. The lowest BCUT2D eigenvalue weighted by atomic mass is 9.97. The minimum absolute atomic E-state index is 0.0179. The van der Waals surface area contributed by atoms with Crippen molar-refractivity contribution in [1.82, 2.24) is 10.6 Å². The summed E-state index contributed by atoms with van der Waals surface area (Å²) in [6.07, 6.45) is -10.5. The first kappa shape index (κ1) is 26.2. The number of nitrogens with one attached hydrogen (secondary N) is 4. The molecular weight excluding hydrogens is 524 g/mol. The van der Waals surface area contributed by atoms with Gasteiger partial charge in [-0.05, 0) is 30.3 Å². The van der Waals surface area contributed by atoms with Crippen molar-refractivity contribution in [3.63, 3.8) is 0 Å². The average Bonchev–Trinajstić information content (AvgIpc) is 2.70. The van der Waals surface area contributed by atoms with Crippen LogP contribution >= 0.6 is 11.6 Å². The summed E-state index contributed by atoms with van der Waals surface area (Å²) in [6, 6.07) is 2.18. The molecular formula is C18H11ClF8N4O4. The molecule has 8 nitrogen and oxygen atoms in total. The zero-order valence-corrected chi connectivity index (χ0v) is 17.3. The van der Waals surface area contributed by atoms with Crippen LogP contribution in [0, 0.1) is 11.6 Å². The van der Waals surface area contributed by atoms with Crippen molar-refractivity contribution >= 4 is 35.0 Å². The molecule has 4 rings (SSSR count). The van der Waals surface area contributed by atoms with Crippen LogP contribution in [-0.2, 0) is 11.4 Å². The molecule has 2 aliphatic heterocycles. The summed E-state index contributed by atoms with van der Waals surface area (Å²) < 4.78 is 103. The Morgan fingerprint density at radius 3 is 1.80 bits per heavy atom. The molecule has 0 bridgehead atoms. The third-order valence-electron chi connectivity index (χ3n) is 4.73. The SMILES string of the molecule is O=C1Nc2ccc(Cl)cc2C(O)(C(F)(F)F)N1.O=C1Nc2ccc(F)c(F)c2C(O)(C(F)(F)F)N1. The van der Waals surface area contributed by atoms with Gasteiger partial charge in [0.1, 0.15) is 0 Å². The van der Waals surface area contributed by atoms with E-state index in [4.69, 9.17) is 11.6 Å². The maximum atomic E-state index is 13.4. The van der Waals surface area contributed by atoms with Gasteiger partial charge in [0.05, 0.1) is 16.9 Å². The molecule has 0 aromatic heterocycles. The van der Waals surface area contributed by atoms with E-state index in [1.807, 2.05) is 5.32 Å². The molecule has 2 aliphatic rings. The van der Waals surface area contributed by atoms with Crippen molar-refractivity contribution in [3.05, 3.63) is 58.1 Å². The van der Waals surface area contributed by atoms with Crippen LogP contribution < -0.4 is 21.3 Å². The number of amides is 4. The molecule has 0 aliphatic carbocycles. The number of alkyl halides is 6. The van der Waals surface area contributed by atoms with Crippen molar-refractivity contribution in [1.29, 1.82) is 0 Å². The Balaban J connectivity index is 0.000000196. The average molecular weight is 535 g/mol. The van der Waals surface area contributed by atoms with Gasteiger partial charge >= 0.3 is 24.4 Å². The van der Waals surface area contributed by atoms with E-state index < -0.39 is 64.3 Å². The highest BCUT2D eigenvalue weighted by Gasteiger charge is 2.61. The quantitative estimate of drug-likeness (QED) is 0.286. The number of urea groups is 2. The van der Waals surface area contributed by atoms with Crippen molar-refractivity contribution in [2.75, 3.05) is 10.6 Å². The van der Waals surface area contributed by atoms with Gasteiger partial charge < -0.3 is 20.8 Å².